The smallest absolute Gasteiger partial charge is 0.331 e. The number of nitrogens with zero attached hydrogens (tertiary/aromatic N) is 1. The topological polar surface area (TPSA) is 94.2 Å². The first kappa shape index (κ1) is 29.4. The Morgan fingerprint density at radius 1 is 0.791 bits per heavy atom. The van der Waals surface area contributed by atoms with E-state index in [9.17, 15) is 14.4 Å². The first-order valence-electron chi connectivity index (χ1n) is 14.4. The fourth-order valence-corrected chi connectivity index (χ4v) is 4.81. The molecule has 0 saturated carbocycles. The molecule has 0 radical (unpaired) electrons. The van der Waals surface area contributed by atoms with Gasteiger partial charge in [0.25, 0.3) is 11.8 Å². The Bertz CT molecular complexity index is 1690. The van der Waals surface area contributed by atoms with Crippen LogP contribution in [-0.4, -0.2) is 36.0 Å². The van der Waals surface area contributed by atoms with Crippen molar-refractivity contribution < 1.29 is 28.6 Å². The zero-order valence-electron chi connectivity index (χ0n) is 24.5. The van der Waals surface area contributed by atoms with Gasteiger partial charge in [-0.15, -0.1) is 0 Å². The van der Waals surface area contributed by atoms with Gasteiger partial charge in [-0.25, -0.2) is 4.79 Å². The Morgan fingerprint density at radius 2 is 1.53 bits per heavy atom. The van der Waals surface area contributed by atoms with E-state index in [0.29, 0.717) is 48.2 Å². The van der Waals surface area contributed by atoms with Crippen LogP contribution in [0, 0.1) is 6.92 Å². The van der Waals surface area contributed by atoms with Gasteiger partial charge >= 0.3 is 6.03 Å². The fraction of sp³-hybridized carbons (Fsp3) is 0.229. The number of amides is 4. The Morgan fingerprint density at radius 3 is 2.30 bits per heavy atom. The van der Waals surface area contributed by atoms with Crippen LogP contribution in [0.4, 0.5) is 4.79 Å². The predicted octanol–water partition coefficient (Wildman–Crippen LogP) is 6.58. The third-order valence-electron chi connectivity index (χ3n) is 7.03. The molecule has 0 aliphatic carbocycles. The van der Waals surface area contributed by atoms with E-state index < -0.39 is 17.8 Å². The van der Waals surface area contributed by atoms with E-state index in [2.05, 4.69) is 5.32 Å². The number of fused-ring (bicyclic) bond motifs is 1. The summed E-state index contributed by atoms with van der Waals surface area (Å²) in [4.78, 5) is 40.6. The van der Waals surface area contributed by atoms with Gasteiger partial charge in [-0.3, -0.25) is 19.8 Å². The number of aryl methyl sites for hydroxylation is 1. The van der Waals surface area contributed by atoms with Crippen molar-refractivity contribution >= 4 is 34.7 Å². The zero-order chi connectivity index (χ0) is 30.3. The highest BCUT2D eigenvalue weighted by molar-refractivity contribution is 6.31. The Labute approximate surface area is 250 Å². The van der Waals surface area contributed by atoms with Gasteiger partial charge in [-0.2, -0.15) is 0 Å². The molecule has 0 spiro atoms. The number of carbonyl (C=O) groups is 3. The maximum atomic E-state index is 13.7. The van der Waals surface area contributed by atoms with Crippen LogP contribution in [-0.2, 0) is 22.7 Å². The molecule has 1 aliphatic heterocycles. The van der Waals surface area contributed by atoms with Gasteiger partial charge < -0.3 is 14.2 Å². The molecule has 1 aliphatic rings. The van der Waals surface area contributed by atoms with E-state index in [1.54, 1.807) is 18.2 Å². The maximum absolute atomic E-state index is 13.7. The SMILES string of the molecule is CCCOc1ccc(CN2C(=O)NC(=O)/C(=C\c3c(OCc4ccc(C)cc4)ccc4ccccc34)C2=O)cc1OCC. The molecular weight excluding hydrogens is 544 g/mol. The number of hydrogen-bond acceptors (Lipinski definition) is 6. The number of rotatable bonds is 11. The summed E-state index contributed by atoms with van der Waals surface area (Å²) in [7, 11) is 0. The summed E-state index contributed by atoms with van der Waals surface area (Å²) in [5.74, 6) is 0.167. The molecule has 0 aromatic heterocycles. The van der Waals surface area contributed by atoms with Gasteiger partial charge in [0.05, 0.1) is 19.8 Å². The lowest BCUT2D eigenvalue weighted by atomic mass is 9.99. The van der Waals surface area contributed by atoms with Crippen molar-refractivity contribution in [1.82, 2.24) is 10.2 Å². The summed E-state index contributed by atoms with van der Waals surface area (Å²) >= 11 is 0. The second-order valence-corrected chi connectivity index (χ2v) is 10.2. The summed E-state index contributed by atoms with van der Waals surface area (Å²) in [6.45, 7) is 7.11. The Hall–Kier alpha value is -5.11. The number of benzene rings is 4. The lowest BCUT2D eigenvalue weighted by Crippen LogP contribution is -2.53. The lowest BCUT2D eigenvalue weighted by molar-refractivity contribution is -0.130. The highest BCUT2D eigenvalue weighted by Crippen LogP contribution is 2.33. The summed E-state index contributed by atoms with van der Waals surface area (Å²) in [5.41, 5.74) is 3.20. The molecule has 1 saturated heterocycles. The molecule has 4 amide bonds. The molecule has 8 nitrogen and oxygen atoms in total. The summed E-state index contributed by atoms with van der Waals surface area (Å²) in [6, 6.07) is 23.9. The van der Waals surface area contributed by atoms with E-state index in [-0.39, 0.29) is 12.1 Å². The molecule has 220 valence electrons. The number of nitrogens with one attached hydrogen (secondary N) is 1. The molecule has 1 N–H and O–H groups in total. The van der Waals surface area contributed by atoms with E-state index in [0.717, 1.165) is 33.2 Å². The third-order valence-corrected chi connectivity index (χ3v) is 7.03. The second kappa shape index (κ2) is 13.2. The standard InChI is InChI=1S/C35H34N2O6/c1-4-18-42-31-16-14-25(19-32(31)41-5-2)21-37-34(39)29(33(38)36-35(37)40)20-28-27-9-7-6-8-26(27)15-17-30(28)43-22-24-12-10-23(3)11-13-24/h6-17,19-20H,4-5,18,21-22H2,1-3H3,(H,36,38,40)/b29-20+. The van der Waals surface area contributed by atoms with Crippen LogP contribution in [0.5, 0.6) is 17.2 Å². The van der Waals surface area contributed by atoms with Gasteiger partial charge in [0, 0.05) is 5.56 Å². The van der Waals surface area contributed by atoms with Crippen molar-refractivity contribution in [3.8, 4) is 17.2 Å². The van der Waals surface area contributed by atoms with Crippen molar-refractivity contribution in [3.63, 3.8) is 0 Å². The van der Waals surface area contributed by atoms with Gasteiger partial charge in [-0.05, 0) is 66.4 Å². The van der Waals surface area contributed by atoms with Crippen molar-refractivity contribution in [2.24, 2.45) is 0 Å². The second-order valence-electron chi connectivity index (χ2n) is 10.2. The van der Waals surface area contributed by atoms with Crippen molar-refractivity contribution in [2.75, 3.05) is 13.2 Å². The van der Waals surface area contributed by atoms with Gasteiger partial charge in [-0.1, -0.05) is 73.2 Å². The van der Waals surface area contributed by atoms with Gasteiger partial charge in [0.2, 0.25) is 0 Å². The van der Waals surface area contributed by atoms with Crippen LogP contribution in [0.15, 0.2) is 84.4 Å². The van der Waals surface area contributed by atoms with Gasteiger partial charge in [0.1, 0.15) is 17.9 Å². The van der Waals surface area contributed by atoms with E-state index in [1.165, 1.54) is 6.08 Å². The minimum atomic E-state index is -0.787. The Balaban J connectivity index is 1.47. The first-order chi connectivity index (χ1) is 20.9. The summed E-state index contributed by atoms with van der Waals surface area (Å²) in [5, 5.41) is 4.05. The van der Waals surface area contributed by atoms with Crippen molar-refractivity contribution in [3.05, 3.63) is 107 Å². The normalized spacial score (nSPS) is 14.3. The number of imide groups is 2. The summed E-state index contributed by atoms with van der Waals surface area (Å²) in [6.07, 6.45) is 2.35. The largest absolute Gasteiger partial charge is 0.490 e. The molecule has 0 unspecified atom stereocenters. The molecule has 0 atom stereocenters. The molecule has 1 fully saturated rings. The molecule has 8 heteroatoms. The highest BCUT2D eigenvalue weighted by atomic mass is 16.5. The quantitative estimate of drug-likeness (QED) is 0.160. The molecule has 5 rings (SSSR count). The minimum absolute atomic E-state index is 0.0598. The lowest BCUT2D eigenvalue weighted by Gasteiger charge is -2.27. The van der Waals surface area contributed by atoms with Crippen LogP contribution in [0.25, 0.3) is 16.8 Å². The Kier molecular flexibility index (Phi) is 9.05. The molecule has 1 heterocycles. The number of ether oxygens (including phenoxy) is 3. The molecule has 4 aromatic rings. The zero-order valence-corrected chi connectivity index (χ0v) is 24.5. The van der Waals surface area contributed by atoms with Crippen molar-refractivity contribution in [1.29, 1.82) is 0 Å². The molecule has 43 heavy (non-hydrogen) atoms. The average molecular weight is 579 g/mol. The van der Waals surface area contributed by atoms with Crippen LogP contribution in [0.2, 0.25) is 0 Å². The number of urea groups is 1. The highest BCUT2D eigenvalue weighted by Gasteiger charge is 2.36. The average Bonchev–Trinajstić information content (AvgIpc) is 3.01. The van der Waals surface area contributed by atoms with Gasteiger partial charge in [0.15, 0.2) is 11.5 Å². The third kappa shape index (κ3) is 6.70. The predicted molar refractivity (Wildman–Crippen MR) is 165 cm³/mol. The van der Waals surface area contributed by atoms with E-state index in [1.807, 2.05) is 81.4 Å². The minimum Gasteiger partial charge on any atom is -0.490 e. The number of carbonyl (C=O) groups excluding carboxylic acids is 3. The first-order valence-corrected chi connectivity index (χ1v) is 14.4. The molecular formula is C35H34N2O6. The monoisotopic (exact) mass is 578 g/mol. The molecule has 0 bridgehead atoms. The van der Waals surface area contributed by atoms with E-state index in [4.69, 9.17) is 14.2 Å². The van der Waals surface area contributed by atoms with Crippen molar-refractivity contribution in [2.45, 2.75) is 40.3 Å². The van der Waals surface area contributed by atoms with E-state index >= 15 is 0 Å². The van der Waals surface area contributed by atoms with Crippen LogP contribution < -0.4 is 19.5 Å². The summed E-state index contributed by atoms with van der Waals surface area (Å²) < 4.78 is 17.7. The number of barbiturate groups is 1. The molecule has 4 aromatic carbocycles. The fourth-order valence-electron chi connectivity index (χ4n) is 4.81. The van der Waals surface area contributed by atoms with Crippen LogP contribution in [0.1, 0.15) is 42.5 Å². The van der Waals surface area contributed by atoms with Crippen LogP contribution in [0.3, 0.4) is 0 Å². The maximum Gasteiger partial charge on any atom is 0.331 e. The number of hydrogen-bond donors (Lipinski definition) is 1. The van der Waals surface area contributed by atoms with Crippen LogP contribution >= 0.6 is 0 Å².